The smallest absolute Gasteiger partial charge is 0.154 e. The summed E-state index contributed by atoms with van der Waals surface area (Å²) in [6.07, 6.45) is 5.71. The Hall–Kier alpha value is -1.68. The average Bonchev–Trinajstić information content (AvgIpc) is 3.28. The Morgan fingerprint density at radius 3 is 2.59 bits per heavy atom. The molecule has 1 fully saturated rings. The molecule has 0 saturated heterocycles. The van der Waals surface area contributed by atoms with Gasteiger partial charge < -0.3 is 4.90 Å². The number of hydrogen-bond acceptors (Lipinski definition) is 3. The first-order chi connectivity index (χ1) is 10.7. The quantitative estimate of drug-likeness (QED) is 0.751. The summed E-state index contributed by atoms with van der Waals surface area (Å²) < 4.78 is 2.15. The van der Waals surface area contributed by atoms with Crippen LogP contribution >= 0.6 is 0 Å². The van der Waals surface area contributed by atoms with Crippen LogP contribution in [0.1, 0.15) is 42.4 Å². The van der Waals surface area contributed by atoms with Gasteiger partial charge >= 0.3 is 0 Å². The highest BCUT2D eigenvalue weighted by Crippen LogP contribution is 2.38. The van der Waals surface area contributed by atoms with E-state index >= 15 is 0 Å². The molecule has 1 aliphatic carbocycles. The molecular weight excluding hydrogens is 272 g/mol. The first kappa shape index (κ1) is 15.2. The first-order valence-electron chi connectivity index (χ1n) is 8.34. The van der Waals surface area contributed by atoms with Crippen LogP contribution in [0.4, 0.5) is 0 Å². The summed E-state index contributed by atoms with van der Waals surface area (Å²) in [5.41, 5.74) is 1.37. The minimum absolute atomic E-state index is 0.630. The van der Waals surface area contributed by atoms with Crippen LogP contribution in [0, 0.1) is 0 Å². The Balaban J connectivity index is 1.65. The van der Waals surface area contributed by atoms with Gasteiger partial charge in [-0.15, -0.1) is 0 Å². The Morgan fingerprint density at radius 1 is 1.14 bits per heavy atom. The lowest BCUT2D eigenvalue weighted by Crippen LogP contribution is -2.15. The molecule has 0 bridgehead atoms. The number of rotatable bonds is 8. The molecule has 1 aromatic heterocycles. The molecule has 118 valence electrons. The maximum atomic E-state index is 4.81. The van der Waals surface area contributed by atoms with Crippen molar-refractivity contribution < 1.29 is 0 Å². The molecule has 0 amide bonds. The SMILES string of the molecule is CN(C)CCCc1nc(C2CC2)nn1CCc1ccccc1. The van der Waals surface area contributed by atoms with Gasteiger partial charge in [-0.3, -0.25) is 0 Å². The van der Waals surface area contributed by atoms with Crippen LogP contribution in [0.3, 0.4) is 0 Å². The zero-order valence-electron chi connectivity index (χ0n) is 13.7. The summed E-state index contributed by atoms with van der Waals surface area (Å²) in [4.78, 5) is 7.04. The second-order valence-electron chi connectivity index (χ2n) is 6.53. The van der Waals surface area contributed by atoms with E-state index < -0.39 is 0 Å². The zero-order chi connectivity index (χ0) is 15.4. The van der Waals surface area contributed by atoms with Crippen molar-refractivity contribution in [3.05, 3.63) is 47.5 Å². The monoisotopic (exact) mass is 298 g/mol. The van der Waals surface area contributed by atoms with E-state index in [9.17, 15) is 0 Å². The van der Waals surface area contributed by atoms with Crippen molar-refractivity contribution in [1.29, 1.82) is 0 Å². The Kier molecular flexibility index (Phi) is 4.88. The Bertz CT molecular complexity index is 584. The Morgan fingerprint density at radius 2 is 1.91 bits per heavy atom. The van der Waals surface area contributed by atoms with Gasteiger partial charge in [0.2, 0.25) is 0 Å². The van der Waals surface area contributed by atoms with Crippen LogP contribution in [-0.4, -0.2) is 40.3 Å². The summed E-state index contributed by atoms with van der Waals surface area (Å²) in [7, 11) is 4.24. The van der Waals surface area contributed by atoms with Crippen molar-refractivity contribution >= 4 is 0 Å². The van der Waals surface area contributed by atoms with Crippen LogP contribution in [0.5, 0.6) is 0 Å². The molecule has 1 aromatic carbocycles. The third-order valence-electron chi connectivity index (χ3n) is 4.17. The molecule has 4 heteroatoms. The molecule has 0 unspecified atom stereocenters. The molecular formula is C18H26N4. The number of hydrogen-bond donors (Lipinski definition) is 0. The van der Waals surface area contributed by atoms with E-state index in [2.05, 4.69) is 54.0 Å². The second-order valence-corrected chi connectivity index (χ2v) is 6.53. The second kappa shape index (κ2) is 7.05. The van der Waals surface area contributed by atoms with E-state index in [1.807, 2.05) is 0 Å². The topological polar surface area (TPSA) is 34.0 Å². The molecule has 1 saturated carbocycles. The molecule has 0 aliphatic heterocycles. The van der Waals surface area contributed by atoms with Gasteiger partial charge in [-0.25, -0.2) is 9.67 Å². The van der Waals surface area contributed by atoms with Crippen molar-refractivity contribution in [3.63, 3.8) is 0 Å². The zero-order valence-corrected chi connectivity index (χ0v) is 13.7. The largest absolute Gasteiger partial charge is 0.309 e. The molecule has 4 nitrogen and oxygen atoms in total. The maximum absolute atomic E-state index is 4.81. The number of aryl methyl sites for hydroxylation is 3. The lowest BCUT2D eigenvalue weighted by Gasteiger charge is -2.09. The summed E-state index contributed by atoms with van der Waals surface area (Å²) in [5, 5.41) is 4.78. The predicted octanol–water partition coefficient (Wildman–Crippen LogP) is 2.89. The van der Waals surface area contributed by atoms with E-state index in [1.165, 1.54) is 24.2 Å². The normalized spacial score (nSPS) is 14.7. The lowest BCUT2D eigenvalue weighted by atomic mass is 10.1. The summed E-state index contributed by atoms with van der Waals surface area (Å²) in [5.74, 6) is 2.87. The van der Waals surface area contributed by atoms with Crippen LogP contribution in [0.2, 0.25) is 0 Å². The molecule has 1 aliphatic rings. The molecule has 1 heterocycles. The van der Waals surface area contributed by atoms with E-state index in [0.717, 1.165) is 38.2 Å². The van der Waals surface area contributed by atoms with Gasteiger partial charge in [-0.05, 0) is 51.9 Å². The highest BCUT2D eigenvalue weighted by Gasteiger charge is 2.28. The highest BCUT2D eigenvalue weighted by atomic mass is 15.3. The molecule has 0 atom stereocenters. The van der Waals surface area contributed by atoms with Crippen LogP contribution in [-0.2, 0) is 19.4 Å². The standard InChI is InChI=1S/C18H26N4/c1-21(2)13-6-9-17-19-18(16-10-11-16)20-22(17)14-12-15-7-4-3-5-8-15/h3-5,7-8,16H,6,9-14H2,1-2H3. The fourth-order valence-corrected chi connectivity index (χ4v) is 2.71. The van der Waals surface area contributed by atoms with Gasteiger partial charge in [-0.2, -0.15) is 5.10 Å². The predicted molar refractivity (Wildman–Crippen MR) is 89.0 cm³/mol. The summed E-state index contributed by atoms with van der Waals surface area (Å²) in [6.45, 7) is 2.03. The fraction of sp³-hybridized carbons (Fsp3) is 0.556. The van der Waals surface area contributed by atoms with E-state index in [1.54, 1.807) is 0 Å². The first-order valence-corrected chi connectivity index (χ1v) is 8.34. The number of benzene rings is 1. The highest BCUT2D eigenvalue weighted by molar-refractivity contribution is 5.15. The van der Waals surface area contributed by atoms with Crippen molar-refractivity contribution in [2.75, 3.05) is 20.6 Å². The third kappa shape index (κ3) is 4.17. The molecule has 0 N–H and O–H groups in total. The van der Waals surface area contributed by atoms with Crippen molar-refractivity contribution in [2.45, 2.75) is 44.6 Å². The van der Waals surface area contributed by atoms with E-state index in [4.69, 9.17) is 10.1 Å². The van der Waals surface area contributed by atoms with Crippen molar-refractivity contribution in [3.8, 4) is 0 Å². The summed E-state index contributed by atoms with van der Waals surface area (Å²) in [6, 6.07) is 10.6. The van der Waals surface area contributed by atoms with Crippen LogP contribution in [0.25, 0.3) is 0 Å². The maximum Gasteiger partial charge on any atom is 0.154 e. The van der Waals surface area contributed by atoms with Crippen LogP contribution < -0.4 is 0 Å². The molecule has 22 heavy (non-hydrogen) atoms. The molecule has 0 spiro atoms. The van der Waals surface area contributed by atoms with Gasteiger partial charge in [0.25, 0.3) is 0 Å². The van der Waals surface area contributed by atoms with E-state index in [-0.39, 0.29) is 0 Å². The van der Waals surface area contributed by atoms with Crippen LogP contribution in [0.15, 0.2) is 30.3 Å². The molecule has 3 rings (SSSR count). The lowest BCUT2D eigenvalue weighted by molar-refractivity contribution is 0.396. The van der Waals surface area contributed by atoms with Crippen molar-refractivity contribution in [2.24, 2.45) is 0 Å². The minimum atomic E-state index is 0.630. The van der Waals surface area contributed by atoms with Gasteiger partial charge in [0.05, 0.1) is 0 Å². The Labute approximate surface area is 133 Å². The molecule has 0 radical (unpaired) electrons. The molecule has 2 aromatic rings. The van der Waals surface area contributed by atoms with E-state index in [0.29, 0.717) is 5.92 Å². The van der Waals surface area contributed by atoms with Gasteiger partial charge in [0.1, 0.15) is 5.82 Å². The fourth-order valence-electron chi connectivity index (χ4n) is 2.71. The average molecular weight is 298 g/mol. The third-order valence-corrected chi connectivity index (χ3v) is 4.17. The number of nitrogens with zero attached hydrogens (tertiary/aromatic N) is 4. The van der Waals surface area contributed by atoms with Gasteiger partial charge in [0.15, 0.2) is 5.82 Å². The van der Waals surface area contributed by atoms with Crippen molar-refractivity contribution in [1.82, 2.24) is 19.7 Å². The summed E-state index contributed by atoms with van der Waals surface area (Å²) >= 11 is 0. The van der Waals surface area contributed by atoms with Gasteiger partial charge in [-0.1, -0.05) is 30.3 Å². The minimum Gasteiger partial charge on any atom is -0.309 e. The number of aromatic nitrogens is 3. The van der Waals surface area contributed by atoms with Gasteiger partial charge in [0, 0.05) is 18.9 Å².